The summed E-state index contributed by atoms with van der Waals surface area (Å²) in [6.07, 6.45) is 0. The highest BCUT2D eigenvalue weighted by Gasteiger charge is 2.32. The molecule has 0 amide bonds. The van der Waals surface area contributed by atoms with Crippen LogP contribution >= 0.6 is 15.9 Å². The first-order chi connectivity index (χ1) is 6.00. The molecule has 0 atom stereocenters. The number of ether oxygens (including phenoxy) is 1. The lowest BCUT2D eigenvalue weighted by Gasteiger charge is -2.15. The van der Waals surface area contributed by atoms with Crippen LogP contribution in [-0.2, 0) is 5.41 Å². The molecule has 2 rings (SSSR count). The fourth-order valence-electron chi connectivity index (χ4n) is 1.64. The van der Waals surface area contributed by atoms with Gasteiger partial charge in [-0.05, 0) is 24.6 Å². The van der Waals surface area contributed by atoms with Crippen LogP contribution in [0.2, 0.25) is 0 Å². The van der Waals surface area contributed by atoms with Gasteiger partial charge >= 0.3 is 0 Å². The Kier molecular flexibility index (Phi) is 1.91. The molecule has 0 N–H and O–H groups in total. The standard InChI is InChI=1S/C11H13BrO/c1-7-4-10-8(5-9(7)12)11(2,3)6-13-10/h4-5H,6H2,1-3H3. The van der Waals surface area contributed by atoms with Gasteiger partial charge in [0.05, 0.1) is 6.61 Å². The van der Waals surface area contributed by atoms with E-state index in [1.807, 2.05) is 0 Å². The molecule has 1 aromatic rings. The van der Waals surface area contributed by atoms with E-state index in [0.717, 1.165) is 12.4 Å². The van der Waals surface area contributed by atoms with Crippen molar-refractivity contribution in [1.82, 2.24) is 0 Å². The maximum absolute atomic E-state index is 5.63. The van der Waals surface area contributed by atoms with Gasteiger partial charge in [0, 0.05) is 15.5 Å². The molecule has 0 aromatic heterocycles. The molecule has 1 aliphatic rings. The molecule has 0 fully saturated rings. The minimum absolute atomic E-state index is 0.158. The van der Waals surface area contributed by atoms with Gasteiger partial charge in [0.15, 0.2) is 0 Å². The summed E-state index contributed by atoms with van der Waals surface area (Å²) in [5, 5.41) is 0. The summed E-state index contributed by atoms with van der Waals surface area (Å²) in [4.78, 5) is 0. The van der Waals surface area contributed by atoms with Gasteiger partial charge in [0.25, 0.3) is 0 Å². The van der Waals surface area contributed by atoms with Crippen molar-refractivity contribution in [2.45, 2.75) is 26.2 Å². The smallest absolute Gasteiger partial charge is 0.123 e. The molecule has 0 saturated carbocycles. The first-order valence-electron chi connectivity index (χ1n) is 4.44. The van der Waals surface area contributed by atoms with Crippen molar-refractivity contribution in [3.05, 3.63) is 27.7 Å². The minimum atomic E-state index is 0.158. The molecule has 0 unspecified atom stereocenters. The number of fused-ring (bicyclic) bond motifs is 1. The molecular formula is C11H13BrO. The van der Waals surface area contributed by atoms with Crippen LogP contribution in [-0.4, -0.2) is 6.61 Å². The van der Waals surface area contributed by atoms with Crippen LogP contribution < -0.4 is 4.74 Å². The summed E-state index contributed by atoms with van der Waals surface area (Å²) >= 11 is 3.54. The first-order valence-corrected chi connectivity index (χ1v) is 5.23. The molecule has 0 aliphatic carbocycles. The van der Waals surface area contributed by atoms with E-state index < -0.39 is 0 Å². The van der Waals surface area contributed by atoms with E-state index in [0.29, 0.717) is 0 Å². The summed E-state index contributed by atoms with van der Waals surface area (Å²) in [5.41, 5.74) is 2.70. The number of rotatable bonds is 0. The molecule has 0 saturated heterocycles. The normalized spacial score (nSPS) is 18.2. The third-order valence-corrected chi connectivity index (χ3v) is 3.43. The summed E-state index contributed by atoms with van der Waals surface area (Å²) in [5.74, 6) is 1.05. The number of aryl methyl sites for hydroxylation is 1. The Morgan fingerprint density at radius 2 is 2.08 bits per heavy atom. The predicted octanol–water partition coefficient (Wildman–Crippen LogP) is 3.43. The van der Waals surface area contributed by atoms with E-state index in [1.54, 1.807) is 0 Å². The number of benzene rings is 1. The minimum Gasteiger partial charge on any atom is -0.492 e. The fourth-order valence-corrected chi connectivity index (χ4v) is 1.98. The topological polar surface area (TPSA) is 9.23 Å². The van der Waals surface area contributed by atoms with Crippen molar-refractivity contribution in [2.24, 2.45) is 0 Å². The van der Waals surface area contributed by atoms with Gasteiger partial charge in [-0.15, -0.1) is 0 Å². The molecular weight excluding hydrogens is 228 g/mol. The molecule has 1 aliphatic heterocycles. The predicted molar refractivity (Wildman–Crippen MR) is 57.4 cm³/mol. The maximum Gasteiger partial charge on any atom is 0.123 e. The molecule has 0 bridgehead atoms. The van der Waals surface area contributed by atoms with Crippen LogP contribution in [0.5, 0.6) is 5.75 Å². The van der Waals surface area contributed by atoms with Crippen LogP contribution in [0.25, 0.3) is 0 Å². The van der Waals surface area contributed by atoms with Gasteiger partial charge in [0.2, 0.25) is 0 Å². The molecule has 2 heteroatoms. The zero-order valence-electron chi connectivity index (χ0n) is 8.15. The van der Waals surface area contributed by atoms with Crippen LogP contribution in [0, 0.1) is 6.92 Å². The summed E-state index contributed by atoms with van der Waals surface area (Å²) in [7, 11) is 0. The molecule has 1 nitrogen and oxygen atoms in total. The molecule has 0 spiro atoms. The van der Waals surface area contributed by atoms with Gasteiger partial charge in [-0.25, -0.2) is 0 Å². The van der Waals surface area contributed by atoms with E-state index in [9.17, 15) is 0 Å². The first kappa shape index (κ1) is 9.07. The second kappa shape index (κ2) is 2.74. The third kappa shape index (κ3) is 1.37. The summed E-state index contributed by atoms with van der Waals surface area (Å²) in [6.45, 7) is 7.29. The molecule has 0 radical (unpaired) electrons. The average Bonchev–Trinajstić information content (AvgIpc) is 2.31. The molecule has 13 heavy (non-hydrogen) atoms. The van der Waals surface area contributed by atoms with Crippen molar-refractivity contribution < 1.29 is 4.74 Å². The second-order valence-electron chi connectivity index (χ2n) is 4.27. The zero-order chi connectivity index (χ0) is 9.64. The van der Waals surface area contributed by atoms with Crippen molar-refractivity contribution in [3.8, 4) is 5.75 Å². The quantitative estimate of drug-likeness (QED) is 0.676. The molecule has 70 valence electrons. The Morgan fingerprint density at radius 3 is 2.77 bits per heavy atom. The van der Waals surface area contributed by atoms with E-state index in [-0.39, 0.29) is 5.41 Å². The van der Waals surface area contributed by atoms with E-state index in [2.05, 4.69) is 48.8 Å². The lowest BCUT2D eigenvalue weighted by atomic mass is 9.87. The monoisotopic (exact) mass is 240 g/mol. The zero-order valence-corrected chi connectivity index (χ0v) is 9.73. The number of hydrogen-bond donors (Lipinski definition) is 0. The lowest BCUT2D eigenvalue weighted by Crippen LogP contribution is -2.18. The highest BCUT2D eigenvalue weighted by molar-refractivity contribution is 9.10. The highest BCUT2D eigenvalue weighted by Crippen LogP contribution is 2.40. The van der Waals surface area contributed by atoms with E-state index in [4.69, 9.17) is 4.74 Å². The average molecular weight is 241 g/mol. The van der Waals surface area contributed by atoms with E-state index in [1.165, 1.54) is 15.6 Å². The van der Waals surface area contributed by atoms with Crippen LogP contribution in [0.15, 0.2) is 16.6 Å². The van der Waals surface area contributed by atoms with Gasteiger partial charge < -0.3 is 4.74 Å². The number of hydrogen-bond acceptors (Lipinski definition) is 1. The van der Waals surface area contributed by atoms with Crippen molar-refractivity contribution in [1.29, 1.82) is 0 Å². The van der Waals surface area contributed by atoms with Gasteiger partial charge in [-0.2, -0.15) is 0 Å². The maximum atomic E-state index is 5.63. The largest absolute Gasteiger partial charge is 0.492 e. The third-order valence-electron chi connectivity index (χ3n) is 2.58. The van der Waals surface area contributed by atoms with Gasteiger partial charge in [0.1, 0.15) is 5.75 Å². The Morgan fingerprint density at radius 1 is 1.38 bits per heavy atom. The summed E-state index contributed by atoms with van der Waals surface area (Å²) < 4.78 is 6.80. The van der Waals surface area contributed by atoms with Crippen molar-refractivity contribution >= 4 is 15.9 Å². The SMILES string of the molecule is Cc1cc2c(cc1Br)C(C)(C)CO2. The van der Waals surface area contributed by atoms with Gasteiger partial charge in [-0.3, -0.25) is 0 Å². The Hall–Kier alpha value is -0.500. The molecule has 1 aromatic carbocycles. The lowest BCUT2D eigenvalue weighted by molar-refractivity contribution is 0.291. The van der Waals surface area contributed by atoms with Crippen molar-refractivity contribution in [3.63, 3.8) is 0 Å². The summed E-state index contributed by atoms with van der Waals surface area (Å²) in [6, 6.07) is 4.28. The highest BCUT2D eigenvalue weighted by atomic mass is 79.9. The molecule has 1 heterocycles. The number of halogens is 1. The van der Waals surface area contributed by atoms with Crippen LogP contribution in [0.4, 0.5) is 0 Å². The fraction of sp³-hybridized carbons (Fsp3) is 0.455. The van der Waals surface area contributed by atoms with E-state index >= 15 is 0 Å². The van der Waals surface area contributed by atoms with Crippen LogP contribution in [0.1, 0.15) is 25.0 Å². The van der Waals surface area contributed by atoms with Crippen LogP contribution in [0.3, 0.4) is 0 Å². The van der Waals surface area contributed by atoms with Gasteiger partial charge in [-0.1, -0.05) is 29.8 Å². The van der Waals surface area contributed by atoms with Crippen molar-refractivity contribution in [2.75, 3.05) is 6.61 Å². The second-order valence-corrected chi connectivity index (χ2v) is 5.12. The Balaban J connectivity index is 2.61. The Bertz CT molecular complexity index is 355. The Labute approximate surface area is 87.2 Å².